The molecular formula is C27H20F2N4O2. The Morgan fingerprint density at radius 3 is 2.66 bits per heavy atom. The lowest BCUT2D eigenvalue weighted by atomic mass is 9.87. The third kappa shape index (κ3) is 3.31. The zero-order valence-electron chi connectivity index (χ0n) is 18.6. The lowest BCUT2D eigenvalue weighted by Crippen LogP contribution is -2.43. The van der Waals surface area contributed by atoms with Gasteiger partial charge >= 0.3 is 0 Å². The normalized spacial score (nSPS) is 16.8. The van der Waals surface area contributed by atoms with E-state index < -0.39 is 11.6 Å². The average molecular weight is 470 g/mol. The van der Waals surface area contributed by atoms with Gasteiger partial charge in [-0.2, -0.15) is 0 Å². The summed E-state index contributed by atoms with van der Waals surface area (Å²) in [5.74, 6) is -1.33. The molecule has 1 spiro atoms. The SMILES string of the molecule is O=C1NC2(CC2)Cc2[nH]c3c(c21)CCc1cnc(-c2ccc(Oc4ccc(F)cc4F)nc2)cc1-3. The summed E-state index contributed by atoms with van der Waals surface area (Å²) < 4.78 is 32.5. The van der Waals surface area contributed by atoms with Crippen LogP contribution in [-0.4, -0.2) is 26.4 Å². The number of aryl methyl sites for hydroxylation is 1. The van der Waals surface area contributed by atoms with Crippen molar-refractivity contribution in [3.8, 4) is 34.1 Å². The number of pyridine rings is 2. The van der Waals surface area contributed by atoms with Gasteiger partial charge in [0.25, 0.3) is 5.91 Å². The van der Waals surface area contributed by atoms with Gasteiger partial charge in [-0.05, 0) is 61.1 Å². The Morgan fingerprint density at radius 2 is 1.89 bits per heavy atom. The third-order valence-electron chi connectivity index (χ3n) is 7.20. The van der Waals surface area contributed by atoms with Gasteiger partial charge in [-0.1, -0.05) is 0 Å². The van der Waals surface area contributed by atoms with Gasteiger partial charge in [-0.25, -0.2) is 13.8 Å². The van der Waals surface area contributed by atoms with E-state index in [1.807, 2.05) is 12.3 Å². The molecule has 0 unspecified atom stereocenters. The highest BCUT2D eigenvalue weighted by atomic mass is 19.1. The first kappa shape index (κ1) is 20.3. The number of carbonyl (C=O) groups excluding carboxylic acids is 1. The van der Waals surface area contributed by atoms with Crippen LogP contribution < -0.4 is 10.1 Å². The molecule has 3 aliphatic rings. The van der Waals surface area contributed by atoms with Gasteiger partial charge in [-0.15, -0.1) is 0 Å². The van der Waals surface area contributed by atoms with Gasteiger partial charge in [0.1, 0.15) is 5.82 Å². The smallest absolute Gasteiger partial charge is 0.253 e. The number of H-pyrrole nitrogens is 1. The Bertz CT molecular complexity index is 1520. The van der Waals surface area contributed by atoms with Gasteiger partial charge < -0.3 is 15.0 Å². The van der Waals surface area contributed by atoms with Crippen LogP contribution in [0.3, 0.4) is 0 Å². The number of aromatic nitrogens is 3. The molecule has 1 aliphatic heterocycles. The second-order valence-corrected chi connectivity index (χ2v) is 9.53. The number of ether oxygens (including phenoxy) is 1. The van der Waals surface area contributed by atoms with Crippen molar-refractivity contribution < 1.29 is 18.3 Å². The van der Waals surface area contributed by atoms with E-state index in [2.05, 4.69) is 20.3 Å². The number of hydrogen-bond donors (Lipinski definition) is 2. The van der Waals surface area contributed by atoms with Crippen LogP contribution in [0.4, 0.5) is 8.78 Å². The fraction of sp³-hybridized carbons (Fsp3) is 0.222. The Labute approximate surface area is 199 Å². The first-order valence-corrected chi connectivity index (χ1v) is 11.6. The topological polar surface area (TPSA) is 79.9 Å². The van der Waals surface area contributed by atoms with Crippen LogP contribution >= 0.6 is 0 Å². The van der Waals surface area contributed by atoms with Gasteiger partial charge in [-0.3, -0.25) is 9.78 Å². The summed E-state index contributed by atoms with van der Waals surface area (Å²) in [6.07, 6.45) is 8.05. The van der Waals surface area contributed by atoms with E-state index in [0.29, 0.717) is 0 Å². The number of halogens is 2. The van der Waals surface area contributed by atoms with Crippen molar-refractivity contribution in [3.05, 3.63) is 82.8 Å². The van der Waals surface area contributed by atoms with Gasteiger partial charge in [0.2, 0.25) is 5.88 Å². The quantitative estimate of drug-likeness (QED) is 0.435. The monoisotopic (exact) mass is 470 g/mol. The standard InChI is InChI=1S/C27H20F2N4O2/c28-16-3-5-22(19(29)9-16)35-23-6-2-15(13-31-23)20-10-18-14(12-30-20)1-4-17-24-21(32-25(17)18)11-27(7-8-27)33-26(24)34/h2-3,5-6,9-10,12-13,32H,1,4,7-8,11H2,(H,33,34). The molecule has 3 aromatic heterocycles. The molecule has 4 aromatic rings. The lowest BCUT2D eigenvalue weighted by Gasteiger charge is -2.24. The number of aromatic amines is 1. The van der Waals surface area contributed by atoms with Crippen molar-refractivity contribution in [1.82, 2.24) is 20.3 Å². The Kier molecular flexibility index (Phi) is 4.19. The Hall–Kier alpha value is -4.07. The maximum Gasteiger partial charge on any atom is 0.253 e. The zero-order valence-corrected chi connectivity index (χ0v) is 18.6. The summed E-state index contributed by atoms with van der Waals surface area (Å²) in [6.45, 7) is 0. The van der Waals surface area contributed by atoms with Crippen LogP contribution in [0.5, 0.6) is 11.6 Å². The number of fused-ring (bicyclic) bond motifs is 5. The van der Waals surface area contributed by atoms with Crippen LogP contribution in [0.25, 0.3) is 22.5 Å². The van der Waals surface area contributed by atoms with Crippen LogP contribution in [0.15, 0.2) is 48.8 Å². The summed E-state index contributed by atoms with van der Waals surface area (Å²) in [6, 6.07) is 8.57. The summed E-state index contributed by atoms with van der Waals surface area (Å²) in [5, 5.41) is 3.22. The van der Waals surface area contributed by atoms with Crippen molar-refractivity contribution >= 4 is 5.91 Å². The molecule has 1 amide bonds. The molecule has 1 saturated carbocycles. The molecule has 7 rings (SSSR count). The lowest BCUT2D eigenvalue weighted by molar-refractivity contribution is 0.0917. The highest BCUT2D eigenvalue weighted by molar-refractivity contribution is 6.01. The van der Waals surface area contributed by atoms with Gasteiger partial charge in [0, 0.05) is 53.3 Å². The summed E-state index contributed by atoms with van der Waals surface area (Å²) in [5.41, 5.74) is 7.61. The van der Waals surface area contributed by atoms with Crippen molar-refractivity contribution in [2.24, 2.45) is 0 Å². The minimum atomic E-state index is -0.794. The predicted molar refractivity (Wildman–Crippen MR) is 124 cm³/mol. The first-order chi connectivity index (χ1) is 17.0. The van der Waals surface area contributed by atoms with E-state index in [1.54, 1.807) is 18.3 Å². The minimum Gasteiger partial charge on any atom is -0.436 e. The van der Waals surface area contributed by atoms with E-state index in [0.717, 1.165) is 89.1 Å². The van der Waals surface area contributed by atoms with Crippen molar-refractivity contribution in [2.75, 3.05) is 0 Å². The Balaban J connectivity index is 1.21. The van der Waals surface area contributed by atoms with E-state index in [4.69, 9.17) is 4.74 Å². The molecule has 6 nitrogen and oxygen atoms in total. The molecule has 8 heteroatoms. The number of hydrogen-bond acceptors (Lipinski definition) is 4. The van der Waals surface area contributed by atoms with Gasteiger partial charge in [0.15, 0.2) is 11.6 Å². The van der Waals surface area contributed by atoms with Gasteiger partial charge in [0.05, 0.1) is 17.0 Å². The highest BCUT2D eigenvalue weighted by Crippen LogP contribution is 2.45. The third-order valence-corrected chi connectivity index (χ3v) is 7.20. The maximum atomic E-state index is 13.9. The molecule has 2 aliphatic carbocycles. The van der Waals surface area contributed by atoms with E-state index in [1.165, 1.54) is 6.07 Å². The fourth-order valence-electron chi connectivity index (χ4n) is 5.22. The molecule has 174 valence electrons. The number of benzene rings is 1. The molecule has 0 saturated heterocycles. The number of rotatable bonds is 3. The summed E-state index contributed by atoms with van der Waals surface area (Å²) >= 11 is 0. The van der Waals surface area contributed by atoms with Crippen molar-refractivity contribution in [1.29, 1.82) is 0 Å². The second kappa shape index (κ2) is 7.21. The molecule has 0 bridgehead atoms. The number of nitrogens with zero attached hydrogens (tertiary/aromatic N) is 2. The molecule has 1 aromatic carbocycles. The molecular weight excluding hydrogens is 450 g/mol. The number of nitrogens with one attached hydrogen (secondary N) is 2. The Morgan fingerprint density at radius 1 is 1.00 bits per heavy atom. The predicted octanol–water partition coefficient (Wildman–Crippen LogP) is 5.13. The number of amides is 1. The van der Waals surface area contributed by atoms with Crippen LogP contribution in [0.1, 0.15) is 40.0 Å². The molecule has 4 heterocycles. The molecule has 2 N–H and O–H groups in total. The van der Waals surface area contributed by atoms with Crippen molar-refractivity contribution in [2.45, 2.75) is 37.6 Å². The largest absolute Gasteiger partial charge is 0.436 e. The molecule has 1 fully saturated rings. The maximum absolute atomic E-state index is 13.9. The van der Waals surface area contributed by atoms with Crippen LogP contribution in [0.2, 0.25) is 0 Å². The molecule has 0 atom stereocenters. The molecule has 35 heavy (non-hydrogen) atoms. The van der Waals surface area contributed by atoms with E-state index in [9.17, 15) is 13.6 Å². The fourth-order valence-corrected chi connectivity index (χ4v) is 5.22. The van der Waals surface area contributed by atoms with Crippen LogP contribution in [-0.2, 0) is 19.3 Å². The average Bonchev–Trinajstić information content (AvgIpc) is 3.47. The van der Waals surface area contributed by atoms with Crippen molar-refractivity contribution in [3.63, 3.8) is 0 Å². The van der Waals surface area contributed by atoms with E-state index in [-0.39, 0.29) is 23.1 Å². The summed E-state index contributed by atoms with van der Waals surface area (Å²) in [4.78, 5) is 25.3. The first-order valence-electron chi connectivity index (χ1n) is 11.6. The van der Waals surface area contributed by atoms with Crippen LogP contribution in [0, 0.1) is 11.6 Å². The second-order valence-electron chi connectivity index (χ2n) is 9.53. The zero-order chi connectivity index (χ0) is 23.7. The molecule has 0 radical (unpaired) electrons. The number of carbonyl (C=O) groups is 1. The minimum absolute atomic E-state index is 0.0383. The summed E-state index contributed by atoms with van der Waals surface area (Å²) in [7, 11) is 0. The highest BCUT2D eigenvalue weighted by Gasteiger charge is 2.49. The van der Waals surface area contributed by atoms with E-state index >= 15 is 0 Å².